The fraction of sp³-hybridized carbons (Fsp3) is 0.381. The van der Waals surface area contributed by atoms with Crippen LogP contribution in [-0.2, 0) is 4.79 Å². The van der Waals surface area contributed by atoms with Crippen molar-refractivity contribution in [1.82, 2.24) is 0 Å². The zero-order valence-electron chi connectivity index (χ0n) is 14.9. The minimum absolute atomic E-state index is 0.0107. The Bertz CT molecular complexity index is 698. The molecule has 3 rings (SSSR count). The van der Waals surface area contributed by atoms with Crippen molar-refractivity contribution >= 4 is 11.6 Å². The third-order valence-electron chi connectivity index (χ3n) is 4.31. The number of amides is 1. The van der Waals surface area contributed by atoms with Gasteiger partial charge in [-0.2, -0.15) is 0 Å². The molecule has 1 aliphatic rings. The number of rotatable bonds is 6. The first-order valence-electron chi connectivity index (χ1n) is 8.86. The van der Waals surface area contributed by atoms with Crippen molar-refractivity contribution in [3.63, 3.8) is 0 Å². The molecule has 0 radical (unpaired) electrons. The van der Waals surface area contributed by atoms with Crippen molar-refractivity contribution in [3.05, 3.63) is 53.6 Å². The maximum absolute atomic E-state index is 12.1. The predicted octanol–water partition coefficient (Wildman–Crippen LogP) is 4.64. The van der Waals surface area contributed by atoms with Gasteiger partial charge in [0.2, 0.25) is 0 Å². The zero-order valence-corrected chi connectivity index (χ0v) is 14.9. The number of hydrogen-bond acceptors (Lipinski definition) is 3. The van der Waals surface area contributed by atoms with E-state index >= 15 is 0 Å². The summed E-state index contributed by atoms with van der Waals surface area (Å²) < 4.78 is 11.5. The van der Waals surface area contributed by atoms with E-state index in [0.717, 1.165) is 35.4 Å². The minimum Gasteiger partial charge on any atom is -0.490 e. The number of anilines is 1. The number of carbonyl (C=O) groups is 1. The van der Waals surface area contributed by atoms with E-state index in [1.165, 1.54) is 12.8 Å². The van der Waals surface area contributed by atoms with Crippen LogP contribution in [0.25, 0.3) is 0 Å². The van der Waals surface area contributed by atoms with Gasteiger partial charge in [0.25, 0.3) is 5.91 Å². The van der Waals surface area contributed by atoms with E-state index in [9.17, 15) is 4.79 Å². The quantitative estimate of drug-likeness (QED) is 0.834. The lowest BCUT2D eigenvalue weighted by atomic mass is 10.1. The molecule has 1 saturated carbocycles. The van der Waals surface area contributed by atoms with E-state index in [-0.39, 0.29) is 12.5 Å². The molecule has 2 aromatic carbocycles. The van der Waals surface area contributed by atoms with Crippen molar-refractivity contribution in [2.24, 2.45) is 0 Å². The fourth-order valence-electron chi connectivity index (χ4n) is 3.18. The Morgan fingerprint density at radius 3 is 2.28 bits per heavy atom. The van der Waals surface area contributed by atoms with E-state index in [1.54, 1.807) is 0 Å². The van der Waals surface area contributed by atoms with Crippen LogP contribution in [0.1, 0.15) is 36.8 Å². The van der Waals surface area contributed by atoms with Crippen molar-refractivity contribution in [2.75, 3.05) is 11.9 Å². The molecule has 1 fully saturated rings. The SMILES string of the molecule is Cc1cc(C)cc(OCC(=O)Nc2ccc(OC3CCCC3)cc2)c1. The monoisotopic (exact) mass is 339 g/mol. The Hall–Kier alpha value is -2.49. The van der Waals surface area contributed by atoms with Gasteiger partial charge in [-0.05, 0) is 87.1 Å². The Kier molecular flexibility index (Phi) is 5.59. The average Bonchev–Trinajstić information content (AvgIpc) is 3.07. The van der Waals surface area contributed by atoms with E-state index in [0.29, 0.717) is 11.9 Å². The van der Waals surface area contributed by atoms with Crippen LogP contribution in [0.4, 0.5) is 5.69 Å². The smallest absolute Gasteiger partial charge is 0.262 e. The number of hydrogen-bond donors (Lipinski definition) is 1. The zero-order chi connectivity index (χ0) is 17.6. The summed E-state index contributed by atoms with van der Waals surface area (Å²) in [7, 11) is 0. The molecule has 25 heavy (non-hydrogen) atoms. The van der Waals surface area contributed by atoms with Crippen LogP contribution >= 0.6 is 0 Å². The van der Waals surface area contributed by atoms with Gasteiger partial charge in [0.1, 0.15) is 11.5 Å². The molecule has 0 saturated heterocycles. The highest BCUT2D eigenvalue weighted by Crippen LogP contribution is 2.25. The lowest BCUT2D eigenvalue weighted by Gasteiger charge is -2.13. The maximum atomic E-state index is 12.1. The third kappa shape index (κ3) is 5.24. The lowest BCUT2D eigenvalue weighted by molar-refractivity contribution is -0.118. The van der Waals surface area contributed by atoms with Gasteiger partial charge in [-0.3, -0.25) is 4.79 Å². The molecule has 0 spiro atoms. The fourth-order valence-corrected chi connectivity index (χ4v) is 3.18. The van der Waals surface area contributed by atoms with Crippen LogP contribution in [0.3, 0.4) is 0 Å². The molecule has 4 nitrogen and oxygen atoms in total. The summed E-state index contributed by atoms with van der Waals surface area (Å²) in [6.45, 7) is 4.01. The van der Waals surface area contributed by atoms with Crippen LogP contribution in [0, 0.1) is 13.8 Å². The molecule has 132 valence electrons. The highest BCUT2D eigenvalue weighted by atomic mass is 16.5. The van der Waals surface area contributed by atoms with Gasteiger partial charge in [-0.25, -0.2) is 0 Å². The lowest BCUT2D eigenvalue weighted by Crippen LogP contribution is -2.20. The standard InChI is InChI=1S/C21H25NO3/c1-15-11-16(2)13-20(12-15)24-14-21(23)22-17-7-9-19(10-8-17)25-18-5-3-4-6-18/h7-13,18H,3-6,14H2,1-2H3,(H,22,23). The van der Waals surface area contributed by atoms with Gasteiger partial charge >= 0.3 is 0 Å². The first-order valence-corrected chi connectivity index (χ1v) is 8.86. The highest BCUT2D eigenvalue weighted by molar-refractivity contribution is 5.91. The van der Waals surface area contributed by atoms with Gasteiger partial charge in [0.15, 0.2) is 6.61 Å². The normalized spacial score (nSPS) is 14.3. The van der Waals surface area contributed by atoms with E-state index < -0.39 is 0 Å². The summed E-state index contributed by atoms with van der Waals surface area (Å²) in [4.78, 5) is 12.1. The minimum atomic E-state index is -0.177. The Morgan fingerprint density at radius 2 is 1.64 bits per heavy atom. The summed E-state index contributed by atoms with van der Waals surface area (Å²) in [5, 5.41) is 2.84. The van der Waals surface area contributed by atoms with Gasteiger partial charge in [-0.1, -0.05) is 6.07 Å². The second-order valence-corrected chi connectivity index (χ2v) is 6.71. The summed E-state index contributed by atoms with van der Waals surface area (Å²) >= 11 is 0. The van der Waals surface area contributed by atoms with Crippen LogP contribution < -0.4 is 14.8 Å². The molecular weight excluding hydrogens is 314 g/mol. The number of ether oxygens (including phenoxy) is 2. The van der Waals surface area contributed by atoms with Gasteiger partial charge in [-0.15, -0.1) is 0 Å². The first kappa shape index (κ1) is 17.3. The van der Waals surface area contributed by atoms with Crippen molar-refractivity contribution in [2.45, 2.75) is 45.6 Å². The van der Waals surface area contributed by atoms with Crippen molar-refractivity contribution in [3.8, 4) is 11.5 Å². The van der Waals surface area contributed by atoms with Crippen LogP contribution in [0.2, 0.25) is 0 Å². The predicted molar refractivity (Wildman–Crippen MR) is 99.4 cm³/mol. The second-order valence-electron chi connectivity index (χ2n) is 6.71. The molecule has 1 amide bonds. The number of nitrogens with one attached hydrogen (secondary N) is 1. The van der Waals surface area contributed by atoms with Crippen molar-refractivity contribution in [1.29, 1.82) is 0 Å². The molecule has 2 aromatic rings. The molecule has 0 unspecified atom stereocenters. The Balaban J connectivity index is 1.48. The topological polar surface area (TPSA) is 47.6 Å². The van der Waals surface area contributed by atoms with E-state index in [4.69, 9.17) is 9.47 Å². The average molecular weight is 339 g/mol. The Morgan fingerprint density at radius 1 is 1.00 bits per heavy atom. The molecule has 0 bridgehead atoms. The van der Waals surface area contributed by atoms with Gasteiger partial charge in [0, 0.05) is 5.69 Å². The molecular formula is C21H25NO3. The summed E-state index contributed by atoms with van der Waals surface area (Å²) in [5.41, 5.74) is 2.98. The maximum Gasteiger partial charge on any atom is 0.262 e. The summed E-state index contributed by atoms with van der Waals surface area (Å²) in [6, 6.07) is 13.4. The highest BCUT2D eigenvalue weighted by Gasteiger charge is 2.16. The van der Waals surface area contributed by atoms with Crippen LogP contribution in [0.15, 0.2) is 42.5 Å². The molecule has 1 aliphatic carbocycles. The molecule has 0 aliphatic heterocycles. The number of benzene rings is 2. The largest absolute Gasteiger partial charge is 0.490 e. The number of aryl methyl sites for hydroxylation is 2. The molecule has 0 atom stereocenters. The summed E-state index contributed by atoms with van der Waals surface area (Å²) in [6.07, 6.45) is 5.10. The molecule has 0 heterocycles. The molecule has 4 heteroatoms. The third-order valence-corrected chi connectivity index (χ3v) is 4.31. The van der Waals surface area contributed by atoms with E-state index in [2.05, 4.69) is 11.4 Å². The van der Waals surface area contributed by atoms with Gasteiger partial charge < -0.3 is 14.8 Å². The van der Waals surface area contributed by atoms with Crippen LogP contribution in [0.5, 0.6) is 11.5 Å². The summed E-state index contributed by atoms with van der Waals surface area (Å²) in [5.74, 6) is 1.40. The van der Waals surface area contributed by atoms with Crippen molar-refractivity contribution < 1.29 is 14.3 Å². The molecule has 1 N–H and O–H groups in total. The first-order chi connectivity index (χ1) is 12.1. The Labute approximate surface area is 149 Å². The molecule has 0 aromatic heterocycles. The van der Waals surface area contributed by atoms with Gasteiger partial charge in [0.05, 0.1) is 6.10 Å². The number of carbonyl (C=O) groups excluding carboxylic acids is 1. The second kappa shape index (κ2) is 8.06. The van der Waals surface area contributed by atoms with E-state index in [1.807, 2.05) is 50.2 Å². The van der Waals surface area contributed by atoms with Crippen LogP contribution in [-0.4, -0.2) is 18.6 Å².